The lowest BCUT2D eigenvalue weighted by atomic mass is 10.0. The molecule has 0 aromatic carbocycles. The lowest BCUT2D eigenvalue weighted by Crippen LogP contribution is -2.46. The summed E-state index contributed by atoms with van der Waals surface area (Å²) in [6.45, 7) is 2.04. The monoisotopic (exact) mass is 247 g/mol. The molecule has 1 heterocycles. The number of hydrogen-bond donors (Lipinski definition) is 1. The highest BCUT2D eigenvalue weighted by Gasteiger charge is 2.32. The van der Waals surface area contributed by atoms with Crippen molar-refractivity contribution < 1.29 is 29.0 Å². The van der Waals surface area contributed by atoms with E-state index in [1.807, 2.05) is 0 Å². The second-order valence-electron chi connectivity index (χ2n) is 3.15. The van der Waals surface area contributed by atoms with Gasteiger partial charge in [-0.15, -0.1) is 0 Å². The summed E-state index contributed by atoms with van der Waals surface area (Å²) in [6, 6.07) is 0. The van der Waals surface area contributed by atoms with Gasteiger partial charge in [0.1, 0.15) is 0 Å². The molecule has 9 nitrogen and oxygen atoms in total. The van der Waals surface area contributed by atoms with Crippen molar-refractivity contribution in [1.29, 1.82) is 0 Å². The summed E-state index contributed by atoms with van der Waals surface area (Å²) in [5.41, 5.74) is 0. The van der Waals surface area contributed by atoms with E-state index in [1.165, 1.54) is 5.01 Å². The summed E-state index contributed by atoms with van der Waals surface area (Å²) >= 11 is 0. The van der Waals surface area contributed by atoms with Crippen LogP contribution in [0.15, 0.2) is 10.5 Å². The van der Waals surface area contributed by atoms with E-state index in [4.69, 9.17) is 5.11 Å². The molecule has 1 aliphatic heterocycles. The van der Waals surface area contributed by atoms with Crippen molar-refractivity contribution >= 4 is 12.1 Å². The first-order chi connectivity index (χ1) is 8.13. The molecule has 9 heteroatoms. The Balaban J connectivity index is 2.01. The van der Waals surface area contributed by atoms with Crippen LogP contribution in [0.1, 0.15) is 6.92 Å². The van der Waals surface area contributed by atoms with E-state index >= 15 is 0 Å². The van der Waals surface area contributed by atoms with E-state index in [2.05, 4.69) is 24.8 Å². The molecule has 0 saturated carbocycles. The highest BCUT2D eigenvalue weighted by molar-refractivity contribution is 5.71. The SMILES string of the molecule is CCOC(=O)OCO/N=N\N1CC(C(=O)O)C1. The van der Waals surface area contributed by atoms with Crippen LogP contribution >= 0.6 is 0 Å². The second-order valence-corrected chi connectivity index (χ2v) is 3.15. The second kappa shape index (κ2) is 6.51. The molecular weight excluding hydrogens is 234 g/mol. The fourth-order valence-electron chi connectivity index (χ4n) is 1.02. The summed E-state index contributed by atoms with van der Waals surface area (Å²) in [6.07, 6.45) is -0.849. The van der Waals surface area contributed by atoms with Crippen molar-refractivity contribution in [2.75, 3.05) is 26.5 Å². The van der Waals surface area contributed by atoms with Gasteiger partial charge in [0.05, 0.1) is 25.6 Å². The van der Waals surface area contributed by atoms with Crippen LogP contribution in [0.5, 0.6) is 0 Å². The first kappa shape index (κ1) is 13.0. The normalized spacial score (nSPS) is 15.5. The van der Waals surface area contributed by atoms with Crippen molar-refractivity contribution in [2.45, 2.75) is 6.92 Å². The number of carbonyl (C=O) groups is 2. The Labute approximate surface area is 96.9 Å². The molecular formula is C8H13N3O6. The summed E-state index contributed by atoms with van der Waals surface area (Å²) in [5, 5.41) is 16.8. The van der Waals surface area contributed by atoms with Crippen LogP contribution in [0.25, 0.3) is 0 Å². The number of hydrogen-bond acceptors (Lipinski definition) is 7. The minimum atomic E-state index is -0.858. The molecule has 96 valence electrons. The maximum absolute atomic E-state index is 10.7. The molecule has 0 aliphatic carbocycles. The van der Waals surface area contributed by atoms with E-state index in [-0.39, 0.29) is 6.61 Å². The van der Waals surface area contributed by atoms with Crippen LogP contribution in [0.2, 0.25) is 0 Å². The zero-order valence-electron chi connectivity index (χ0n) is 9.24. The Morgan fingerprint density at radius 2 is 2.12 bits per heavy atom. The van der Waals surface area contributed by atoms with Crippen LogP contribution in [-0.4, -0.2) is 48.7 Å². The highest BCUT2D eigenvalue weighted by atomic mass is 16.8. The third kappa shape index (κ3) is 4.53. The van der Waals surface area contributed by atoms with Crippen molar-refractivity contribution in [2.24, 2.45) is 16.4 Å². The fourth-order valence-corrected chi connectivity index (χ4v) is 1.02. The van der Waals surface area contributed by atoms with E-state index in [0.29, 0.717) is 13.1 Å². The molecule has 0 unspecified atom stereocenters. The first-order valence-corrected chi connectivity index (χ1v) is 4.93. The minimum absolute atomic E-state index is 0.213. The molecule has 0 amide bonds. The van der Waals surface area contributed by atoms with E-state index < -0.39 is 24.8 Å². The third-order valence-corrected chi connectivity index (χ3v) is 1.92. The smallest absolute Gasteiger partial charge is 0.481 e. The maximum Gasteiger partial charge on any atom is 0.511 e. The first-order valence-electron chi connectivity index (χ1n) is 4.93. The number of ether oxygens (including phenoxy) is 2. The van der Waals surface area contributed by atoms with Crippen molar-refractivity contribution in [3.8, 4) is 0 Å². The van der Waals surface area contributed by atoms with Gasteiger partial charge in [0.2, 0.25) is 0 Å². The number of carbonyl (C=O) groups excluding carboxylic acids is 1. The zero-order chi connectivity index (χ0) is 12.7. The zero-order valence-corrected chi connectivity index (χ0v) is 9.24. The van der Waals surface area contributed by atoms with E-state index in [1.54, 1.807) is 6.92 Å². The molecule has 1 rings (SSSR count). The quantitative estimate of drug-likeness (QED) is 0.238. The van der Waals surface area contributed by atoms with Gasteiger partial charge in [-0.25, -0.2) is 4.79 Å². The summed E-state index contributed by atoms with van der Waals surface area (Å²) < 4.78 is 8.88. The van der Waals surface area contributed by atoms with Crippen LogP contribution in [0, 0.1) is 5.92 Å². The molecule has 1 fully saturated rings. The van der Waals surface area contributed by atoms with Gasteiger partial charge >= 0.3 is 12.1 Å². The lowest BCUT2D eigenvalue weighted by Gasteiger charge is -2.32. The van der Waals surface area contributed by atoms with Gasteiger partial charge in [0.25, 0.3) is 6.79 Å². The number of nitrogens with zero attached hydrogens (tertiary/aromatic N) is 3. The molecule has 0 radical (unpaired) electrons. The van der Waals surface area contributed by atoms with E-state index in [0.717, 1.165) is 0 Å². The lowest BCUT2D eigenvalue weighted by molar-refractivity contribution is -0.148. The Hall–Kier alpha value is -2.06. The average Bonchev–Trinajstić information content (AvgIpc) is 2.19. The number of carboxylic acids is 1. The van der Waals surface area contributed by atoms with Crippen molar-refractivity contribution in [3.05, 3.63) is 0 Å². The van der Waals surface area contributed by atoms with Crippen LogP contribution in [-0.2, 0) is 19.1 Å². The summed E-state index contributed by atoms with van der Waals surface area (Å²) in [4.78, 5) is 25.6. The van der Waals surface area contributed by atoms with Crippen LogP contribution in [0.3, 0.4) is 0 Å². The number of aliphatic carboxylic acids is 1. The molecule has 1 aliphatic rings. The standard InChI is InChI=1S/C8H13N3O6/c1-2-15-8(14)16-5-17-10-9-11-3-6(4-11)7(12)13/h6H,2-5H2,1H3,(H,12,13)/b10-9-. The van der Waals surface area contributed by atoms with Crippen molar-refractivity contribution in [3.63, 3.8) is 0 Å². The molecule has 17 heavy (non-hydrogen) atoms. The van der Waals surface area contributed by atoms with Gasteiger partial charge in [-0.3, -0.25) is 9.80 Å². The predicted octanol–water partition coefficient (Wildman–Crippen LogP) is 0.432. The van der Waals surface area contributed by atoms with Gasteiger partial charge in [-0.2, -0.15) is 0 Å². The molecule has 0 aromatic rings. The van der Waals surface area contributed by atoms with Gasteiger partial charge in [-0.05, 0) is 12.1 Å². The van der Waals surface area contributed by atoms with Crippen LogP contribution in [0.4, 0.5) is 4.79 Å². The van der Waals surface area contributed by atoms with Gasteiger partial charge in [-0.1, -0.05) is 0 Å². The number of carboxylic acid groups (broad SMARTS) is 1. The predicted molar refractivity (Wildman–Crippen MR) is 51.6 cm³/mol. The van der Waals surface area contributed by atoms with Crippen LogP contribution < -0.4 is 0 Å². The number of rotatable bonds is 6. The summed E-state index contributed by atoms with van der Waals surface area (Å²) in [7, 11) is 0. The molecule has 0 bridgehead atoms. The molecule has 0 aromatic heterocycles. The topological polar surface area (TPSA) is 110 Å². The maximum atomic E-state index is 10.7. The molecule has 1 saturated heterocycles. The molecule has 1 N–H and O–H groups in total. The Kier molecular flexibility index (Phi) is 4.98. The average molecular weight is 247 g/mol. The Bertz CT molecular complexity index is 302. The van der Waals surface area contributed by atoms with E-state index in [9.17, 15) is 9.59 Å². The highest BCUT2D eigenvalue weighted by Crippen LogP contribution is 2.15. The van der Waals surface area contributed by atoms with Gasteiger partial charge in [0, 0.05) is 5.28 Å². The largest absolute Gasteiger partial charge is 0.511 e. The Morgan fingerprint density at radius 3 is 2.71 bits per heavy atom. The van der Waals surface area contributed by atoms with Gasteiger partial charge < -0.3 is 19.4 Å². The fraction of sp³-hybridized carbons (Fsp3) is 0.750. The summed E-state index contributed by atoms with van der Waals surface area (Å²) in [5.74, 6) is -1.27. The molecule has 0 spiro atoms. The molecule has 0 atom stereocenters. The minimum Gasteiger partial charge on any atom is -0.481 e. The Morgan fingerprint density at radius 1 is 1.41 bits per heavy atom. The van der Waals surface area contributed by atoms with Gasteiger partial charge in [0.15, 0.2) is 0 Å². The van der Waals surface area contributed by atoms with Crippen molar-refractivity contribution in [1.82, 2.24) is 5.01 Å². The third-order valence-electron chi connectivity index (χ3n) is 1.92.